The Morgan fingerprint density at radius 2 is 1.20 bits per heavy atom. The SMILES string of the molecule is Cc1cccc(C)c1-c1cc(N2CN(c3ccccc3)c3ccccc32)cc(C(F)(F)c2ccc3c4ccccc4n(-c4cc(C(C)(C)C)ccn4)c3c2)c1. The lowest BCUT2D eigenvalue weighted by Crippen LogP contribution is -2.24. The Hall–Kier alpha value is -6.27. The van der Waals surface area contributed by atoms with E-state index in [9.17, 15) is 0 Å². The number of nitrogens with zero attached hydrogens (tertiary/aromatic N) is 4. The third kappa shape index (κ3) is 5.84. The van der Waals surface area contributed by atoms with Crippen LogP contribution in [0.5, 0.6) is 0 Å². The second kappa shape index (κ2) is 12.9. The molecule has 0 saturated carbocycles. The summed E-state index contributed by atoms with van der Waals surface area (Å²) in [7, 11) is 0. The lowest BCUT2D eigenvalue weighted by atomic mass is 9.88. The Labute approximate surface area is 320 Å². The molecule has 0 saturated heterocycles. The van der Waals surface area contributed by atoms with Gasteiger partial charge in [0.2, 0.25) is 0 Å². The first-order chi connectivity index (χ1) is 26.5. The highest BCUT2D eigenvalue weighted by Gasteiger charge is 2.37. The van der Waals surface area contributed by atoms with Crippen LogP contribution in [0.25, 0.3) is 38.8 Å². The summed E-state index contributed by atoms with van der Waals surface area (Å²) in [5, 5.41) is 1.89. The highest BCUT2D eigenvalue weighted by atomic mass is 19.3. The molecule has 0 spiro atoms. The molecule has 0 bridgehead atoms. The first-order valence-corrected chi connectivity index (χ1v) is 18.8. The Morgan fingerprint density at radius 3 is 1.93 bits per heavy atom. The van der Waals surface area contributed by atoms with Crippen molar-refractivity contribution < 1.29 is 8.78 Å². The molecular weight excluding hydrogens is 683 g/mol. The molecule has 8 aromatic rings. The molecular formula is C49H42F2N4. The van der Waals surface area contributed by atoms with Gasteiger partial charge in [-0.2, -0.15) is 8.78 Å². The van der Waals surface area contributed by atoms with E-state index in [2.05, 4.69) is 67.0 Å². The summed E-state index contributed by atoms with van der Waals surface area (Å²) >= 11 is 0. The van der Waals surface area contributed by atoms with Gasteiger partial charge in [0.1, 0.15) is 12.5 Å². The minimum atomic E-state index is -3.34. The molecule has 1 aliphatic heterocycles. The van der Waals surface area contributed by atoms with Crippen LogP contribution in [0.4, 0.5) is 31.5 Å². The van der Waals surface area contributed by atoms with Crippen molar-refractivity contribution in [1.82, 2.24) is 9.55 Å². The lowest BCUT2D eigenvalue weighted by molar-refractivity contribution is 0.0430. The van der Waals surface area contributed by atoms with Crippen molar-refractivity contribution in [3.63, 3.8) is 0 Å². The predicted octanol–water partition coefficient (Wildman–Crippen LogP) is 13.1. The number of anilines is 4. The van der Waals surface area contributed by atoms with Crippen molar-refractivity contribution in [3.8, 4) is 16.9 Å². The second-order valence-electron chi connectivity index (χ2n) is 15.7. The van der Waals surface area contributed by atoms with E-state index in [4.69, 9.17) is 4.98 Å². The summed E-state index contributed by atoms with van der Waals surface area (Å²) in [6.45, 7) is 11.1. The normalized spacial score (nSPS) is 13.2. The zero-order valence-electron chi connectivity index (χ0n) is 31.7. The average Bonchev–Trinajstić information content (AvgIpc) is 3.74. The summed E-state index contributed by atoms with van der Waals surface area (Å²) in [5.74, 6) is -2.63. The van der Waals surface area contributed by atoms with E-state index in [0.29, 0.717) is 23.7 Å². The lowest BCUT2D eigenvalue weighted by Gasteiger charge is -2.26. The maximum absolute atomic E-state index is 17.6. The molecule has 0 radical (unpaired) electrons. The molecule has 4 nitrogen and oxygen atoms in total. The molecule has 55 heavy (non-hydrogen) atoms. The van der Waals surface area contributed by atoms with Crippen LogP contribution in [-0.2, 0) is 11.3 Å². The first kappa shape index (κ1) is 34.5. The molecule has 0 amide bonds. The third-order valence-electron chi connectivity index (χ3n) is 11.1. The van der Waals surface area contributed by atoms with E-state index in [-0.39, 0.29) is 16.5 Å². The molecule has 0 atom stereocenters. The molecule has 6 heteroatoms. The molecule has 0 aliphatic carbocycles. The van der Waals surface area contributed by atoms with Gasteiger partial charge in [-0.25, -0.2) is 4.98 Å². The van der Waals surface area contributed by atoms with Crippen LogP contribution < -0.4 is 9.80 Å². The van der Waals surface area contributed by atoms with Gasteiger partial charge >= 0.3 is 0 Å². The van der Waals surface area contributed by atoms with Crippen LogP contribution in [0.1, 0.15) is 48.6 Å². The van der Waals surface area contributed by atoms with Crippen molar-refractivity contribution in [3.05, 3.63) is 180 Å². The van der Waals surface area contributed by atoms with E-state index >= 15 is 8.78 Å². The molecule has 0 fully saturated rings. The number of hydrogen-bond donors (Lipinski definition) is 0. The van der Waals surface area contributed by atoms with E-state index in [1.807, 2.05) is 110 Å². The largest absolute Gasteiger partial charge is 0.321 e. The number of benzene rings is 6. The number of pyridine rings is 1. The Balaban J connectivity index is 1.23. The topological polar surface area (TPSA) is 24.3 Å². The fraction of sp³-hybridized carbons (Fsp3) is 0.163. The minimum absolute atomic E-state index is 0.0619. The number of rotatable bonds is 6. The van der Waals surface area contributed by atoms with Crippen molar-refractivity contribution in [1.29, 1.82) is 0 Å². The van der Waals surface area contributed by atoms with Crippen LogP contribution in [-0.4, -0.2) is 16.2 Å². The number of aromatic nitrogens is 2. The highest BCUT2D eigenvalue weighted by molar-refractivity contribution is 6.09. The standard InChI is InChI=1S/C49H42F2N4/c1-32-14-13-15-33(2)47(32)34-26-37(28-39(27-34)54-31-53(38-16-7-6-8-17-38)43-20-11-12-21-44(43)54)49(50,51)36-22-23-41-40-18-9-10-19-42(40)55(45(41)29-36)46-30-35(24-25-52-46)48(3,4)5/h6-30H,31H2,1-5H3. The van der Waals surface area contributed by atoms with Crippen LogP contribution in [0.15, 0.2) is 152 Å². The van der Waals surface area contributed by atoms with E-state index in [0.717, 1.165) is 61.2 Å². The van der Waals surface area contributed by atoms with Gasteiger partial charge in [-0.15, -0.1) is 0 Å². The van der Waals surface area contributed by atoms with E-state index in [1.165, 1.54) is 0 Å². The summed E-state index contributed by atoms with van der Waals surface area (Å²) in [4.78, 5) is 9.15. The van der Waals surface area contributed by atoms with Crippen molar-refractivity contribution >= 4 is 44.6 Å². The summed E-state index contributed by atoms with van der Waals surface area (Å²) < 4.78 is 37.2. The summed E-state index contributed by atoms with van der Waals surface area (Å²) in [6.07, 6.45) is 1.81. The van der Waals surface area contributed by atoms with Gasteiger partial charge < -0.3 is 9.80 Å². The minimum Gasteiger partial charge on any atom is -0.321 e. The number of para-hydroxylation sites is 4. The van der Waals surface area contributed by atoms with E-state index in [1.54, 1.807) is 24.3 Å². The van der Waals surface area contributed by atoms with Gasteiger partial charge in [0.15, 0.2) is 0 Å². The monoisotopic (exact) mass is 724 g/mol. The molecule has 6 aromatic carbocycles. The zero-order chi connectivity index (χ0) is 38.1. The molecule has 9 rings (SSSR count). The number of halogens is 2. The van der Waals surface area contributed by atoms with Crippen LogP contribution in [0, 0.1) is 13.8 Å². The Kier molecular flexibility index (Phi) is 8.12. The van der Waals surface area contributed by atoms with Gasteiger partial charge in [0.25, 0.3) is 5.92 Å². The van der Waals surface area contributed by atoms with E-state index < -0.39 is 5.92 Å². The van der Waals surface area contributed by atoms with Gasteiger partial charge in [0, 0.05) is 39.5 Å². The van der Waals surface area contributed by atoms with Crippen LogP contribution in [0.3, 0.4) is 0 Å². The third-order valence-corrected chi connectivity index (χ3v) is 11.1. The predicted molar refractivity (Wildman–Crippen MR) is 224 cm³/mol. The molecule has 0 N–H and O–H groups in total. The van der Waals surface area contributed by atoms with Crippen LogP contribution in [0.2, 0.25) is 0 Å². The maximum Gasteiger partial charge on any atom is 0.298 e. The number of alkyl halides is 2. The zero-order valence-corrected chi connectivity index (χ0v) is 31.7. The van der Waals surface area contributed by atoms with Gasteiger partial charge in [-0.3, -0.25) is 4.57 Å². The fourth-order valence-corrected chi connectivity index (χ4v) is 8.21. The average molecular weight is 725 g/mol. The van der Waals surface area contributed by atoms with Crippen LogP contribution >= 0.6 is 0 Å². The smallest absolute Gasteiger partial charge is 0.298 e. The Bertz CT molecular complexity index is 2720. The highest BCUT2D eigenvalue weighted by Crippen LogP contribution is 2.48. The quantitative estimate of drug-likeness (QED) is 0.171. The molecule has 3 heterocycles. The summed E-state index contributed by atoms with van der Waals surface area (Å²) in [5.41, 5.74) is 10.0. The maximum atomic E-state index is 17.6. The summed E-state index contributed by atoms with van der Waals surface area (Å²) in [6, 6.07) is 47.2. The fourth-order valence-electron chi connectivity index (χ4n) is 8.21. The van der Waals surface area contributed by atoms with Gasteiger partial charge in [-0.1, -0.05) is 99.6 Å². The van der Waals surface area contributed by atoms with Gasteiger partial charge in [-0.05, 0) is 114 Å². The van der Waals surface area contributed by atoms with Crippen molar-refractivity contribution in [2.75, 3.05) is 16.5 Å². The second-order valence-corrected chi connectivity index (χ2v) is 15.7. The van der Waals surface area contributed by atoms with Gasteiger partial charge in [0.05, 0.1) is 22.4 Å². The number of hydrogen-bond acceptors (Lipinski definition) is 3. The molecule has 0 unspecified atom stereocenters. The number of aryl methyl sites for hydroxylation is 2. The molecule has 1 aliphatic rings. The van der Waals surface area contributed by atoms with Crippen molar-refractivity contribution in [2.24, 2.45) is 0 Å². The molecule has 2 aromatic heterocycles. The first-order valence-electron chi connectivity index (χ1n) is 18.8. The Morgan fingerprint density at radius 1 is 0.545 bits per heavy atom. The molecule has 272 valence electrons. The van der Waals surface area contributed by atoms with Crippen molar-refractivity contribution in [2.45, 2.75) is 46.0 Å². The number of fused-ring (bicyclic) bond motifs is 4.